The van der Waals surface area contributed by atoms with Gasteiger partial charge in [-0.05, 0) is 31.0 Å². The van der Waals surface area contributed by atoms with Crippen molar-refractivity contribution in [3.8, 4) is 0 Å². The van der Waals surface area contributed by atoms with Gasteiger partial charge in [0.05, 0.1) is 26.0 Å². The molecular weight excluding hydrogens is 289 g/mol. The minimum Gasteiger partial charge on any atom is -0.327 e. The molecule has 0 spiro atoms. The normalized spacial score (nSPS) is 16.3. The summed E-state index contributed by atoms with van der Waals surface area (Å²) in [5, 5.41) is 0.947. The number of rotatable bonds is 6. The standard InChI is InChI=1S/C13H19Cl2NOS/c1-3-5-11(16)12(4-2)18(17)13-8-9(14)6-7-10(13)15/h6-8,11-12H,3-5,16H2,1-2H3. The second kappa shape index (κ2) is 7.49. The van der Waals surface area contributed by atoms with Crippen LogP contribution in [-0.2, 0) is 10.8 Å². The molecule has 1 aromatic carbocycles. The Hall–Kier alpha value is -0.0900. The number of hydrogen-bond acceptors (Lipinski definition) is 2. The van der Waals surface area contributed by atoms with Crippen molar-refractivity contribution < 1.29 is 4.21 Å². The van der Waals surface area contributed by atoms with Crippen LogP contribution in [0.15, 0.2) is 23.1 Å². The smallest absolute Gasteiger partial charge is 0.0592 e. The van der Waals surface area contributed by atoms with Crippen LogP contribution < -0.4 is 5.73 Å². The zero-order valence-electron chi connectivity index (χ0n) is 10.7. The van der Waals surface area contributed by atoms with Crippen LogP contribution in [0.4, 0.5) is 0 Å². The summed E-state index contributed by atoms with van der Waals surface area (Å²) in [7, 11) is -1.22. The van der Waals surface area contributed by atoms with E-state index in [2.05, 4.69) is 6.92 Å². The highest BCUT2D eigenvalue weighted by molar-refractivity contribution is 7.85. The molecule has 2 N–H and O–H groups in total. The Bertz CT molecular complexity index is 425. The molecule has 0 bridgehead atoms. The molecule has 3 unspecified atom stereocenters. The molecule has 0 heterocycles. The summed E-state index contributed by atoms with van der Waals surface area (Å²) in [6.07, 6.45) is 2.61. The predicted octanol–water partition coefficient (Wildman–Crippen LogP) is 4.01. The minimum absolute atomic E-state index is 0.0733. The van der Waals surface area contributed by atoms with Crippen molar-refractivity contribution in [3.63, 3.8) is 0 Å². The van der Waals surface area contributed by atoms with Gasteiger partial charge in [0.1, 0.15) is 0 Å². The second-order valence-corrected chi connectivity index (χ2v) is 6.76. The van der Waals surface area contributed by atoms with Crippen LogP contribution in [-0.4, -0.2) is 15.5 Å². The Morgan fingerprint density at radius 1 is 1.33 bits per heavy atom. The van der Waals surface area contributed by atoms with Crippen molar-refractivity contribution in [1.29, 1.82) is 0 Å². The summed E-state index contributed by atoms with van der Waals surface area (Å²) in [6.45, 7) is 4.07. The summed E-state index contributed by atoms with van der Waals surface area (Å²) in [6, 6.07) is 4.96. The number of benzene rings is 1. The molecule has 1 aromatic rings. The summed E-state index contributed by atoms with van der Waals surface area (Å²) in [5.41, 5.74) is 6.10. The second-order valence-electron chi connectivity index (χ2n) is 4.27. The molecule has 18 heavy (non-hydrogen) atoms. The van der Waals surface area contributed by atoms with E-state index in [4.69, 9.17) is 28.9 Å². The lowest BCUT2D eigenvalue weighted by Crippen LogP contribution is -2.37. The molecule has 0 aliphatic heterocycles. The lowest BCUT2D eigenvalue weighted by molar-refractivity contribution is 0.550. The van der Waals surface area contributed by atoms with E-state index in [0.717, 1.165) is 19.3 Å². The van der Waals surface area contributed by atoms with Crippen LogP contribution in [0.2, 0.25) is 10.0 Å². The van der Waals surface area contributed by atoms with Gasteiger partial charge in [0, 0.05) is 11.1 Å². The maximum Gasteiger partial charge on any atom is 0.0592 e. The topological polar surface area (TPSA) is 43.1 Å². The van der Waals surface area contributed by atoms with E-state index in [-0.39, 0.29) is 11.3 Å². The van der Waals surface area contributed by atoms with E-state index in [0.29, 0.717) is 14.9 Å². The first-order valence-corrected chi connectivity index (χ1v) is 8.09. The number of nitrogens with two attached hydrogens (primary N) is 1. The molecule has 5 heteroatoms. The van der Waals surface area contributed by atoms with Crippen molar-refractivity contribution in [2.45, 2.75) is 49.3 Å². The fourth-order valence-electron chi connectivity index (χ4n) is 1.93. The third kappa shape index (κ3) is 3.95. The van der Waals surface area contributed by atoms with E-state index in [1.165, 1.54) is 0 Å². The van der Waals surface area contributed by atoms with Gasteiger partial charge in [-0.3, -0.25) is 4.21 Å². The van der Waals surface area contributed by atoms with Crippen LogP contribution in [0, 0.1) is 0 Å². The third-order valence-corrected chi connectivity index (χ3v) is 5.57. The summed E-state index contributed by atoms with van der Waals surface area (Å²) >= 11 is 12.0. The molecule has 0 fully saturated rings. The molecule has 102 valence electrons. The quantitative estimate of drug-likeness (QED) is 0.863. The van der Waals surface area contributed by atoms with E-state index in [1.54, 1.807) is 18.2 Å². The molecule has 2 nitrogen and oxygen atoms in total. The minimum atomic E-state index is -1.22. The van der Waals surface area contributed by atoms with Gasteiger partial charge in [0.2, 0.25) is 0 Å². The molecule has 0 saturated heterocycles. The molecule has 1 rings (SSSR count). The fraction of sp³-hybridized carbons (Fsp3) is 0.538. The Kier molecular flexibility index (Phi) is 6.64. The van der Waals surface area contributed by atoms with Gasteiger partial charge >= 0.3 is 0 Å². The molecule has 0 amide bonds. The number of halogens is 2. The van der Waals surface area contributed by atoms with Crippen LogP contribution in [0.3, 0.4) is 0 Å². The summed E-state index contributed by atoms with van der Waals surface area (Å²) in [4.78, 5) is 0.586. The first kappa shape index (κ1) is 16.0. The van der Waals surface area contributed by atoms with Crippen LogP contribution in [0.1, 0.15) is 33.1 Å². The molecule has 0 radical (unpaired) electrons. The largest absolute Gasteiger partial charge is 0.327 e. The Balaban J connectivity index is 2.99. The van der Waals surface area contributed by atoms with Gasteiger partial charge in [0.15, 0.2) is 0 Å². The molecule has 0 aromatic heterocycles. The molecular formula is C13H19Cl2NOS. The van der Waals surface area contributed by atoms with Gasteiger partial charge in [-0.2, -0.15) is 0 Å². The molecule has 0 saturated carbocycles. The van der Waals surface area contributed by atoms with Crippen molar-refractivity contribution in [3.05, 3.63) is 28.2 Å². The highest BCUT2D eigenvalue weighted by Gasteiger charge is 2.24. The summed E-state index contributed by atoms with van der Waals surface area (Å²) in [5.74, 6) is 0. The van der Waals surface area contributed by atoms with Gasteiger partial charge < -0.3 is 5.73 Å². The Morgan fingerprint density at radius 2 is 2.00 bits per heavy atom. The zero-order chi connectivity index (χ0) is 13.7. The molecule has 0 aliphatic carbocycles. The van der Waals surface area contributed by atoms with Gasteiger partial charge in [-0.25, -0.2) is 0 Å². The molecule has 0 aliphatic rings. The average Bonchev–Trinajstić information content (AvgIpc) is 2.33. The Morgan fingerprint density at radius 3 is 2.56 bits per heavy atom. The van der Waals surface area contributed by atoms with Crippen molar-refractivity contribution in [2.24, 2.45) is 5.73 Å². The van der Waals surface area contributed by atoms with E-state index in [1.807, 2.05) is 6.92 Å². The molecule has 3 atom stereocenters. The van der Waals surface area contributed by atoms with Gasteiger partial charge in [0.25, 0.3) is 0 Å². The SMILES string of the molecule is CCCC(N)C(CC)S(=O)c1cc(Cl)ccc1Cl. The lowest BCUT2D eigenvalue weighted by atomic mass is 10.1. The predicted molar refractivity (Wildman–Crippen MR) is 79.8 cm³/mol. The van der Waals surface area contributed by atoms with E-state index >= 15 is 0 Å². The van der Waals surface area contributed by atoms with Crippen LogP contribution in [0.25, 0.3) is 0 Å². The maximum absolute atomic E-state index is 12.6. The Labute approximate surface area is 121 Å². The van der Waals surface area contributed by atoms with Crippen molar-refractivity contribution in [1.82, 2.24) is 0 Å². The first-order chi connectivity index (χ1) is 8.51. The van der Waals surface area contributed by atoms with Gasteiger partial charge in [-0.1, -0.05) is 43.5 Å². The lowest BCUT2D eigenvalue weighted by Gasteiger charge is -2.22. The average molecular weight is 308 g/mol. The van der Waals surface area contributed by atoms with E-state index < -0.39 is 10.8 Å². The van der Waals surface area contributed by atoms with E-state index in [9.17, 15) is 4.21 Å². The van der Waals surface area contributed by atoms with Crippen LogP contribution >= 0.6 is 23.2 Å². The van der Waals surface area contributed by atoms with Crippen molar-refractivity contribution >= 4 is 34.0 Å². The van der Waals surface area contributed by atoms with Crippen LogP contribution in [0.5, 0.6) is 0 Å². The van der Waals surface area contributed by atoms with Gasteiger partial charge in [-0.15, -0.1) is 0 Å². The third-order valence-electron chi connectivity index (χ3n) is 2.89. The zero-order valence-corrected chi connectivity index (χ0v) is 13.0. The highest BCUT2D eigenvalue weighted by Crippen LogP contribution is 2.27. The van der Waals surface area contributed by atoms with Crippen molar-refractivity contribution in [2.75, 3.05) is 0 Å². The maximum atomic E-state index is 12.6. The summed E-state index contributed by atoms with van der Waals surface area (Å²) < 4.78 is 12.6. The number of hydrogen-bond donors (Lipinski definition) is 1. The monoisotopic (exact) mass is 307 g/mol. The highest BCUT2D eigenvalue weighted by atomic mass is 35.5. The first-order valence-electron chi connectivity index (χ1n) is 6.12. The fourth-order valence-corrected chi connectivity index (χ4v) is 4.09.